The van der Waals surface area contributed by atoms with Gasteiger partial charge in [-0.25, -0.2) is 4.79 Å². The highest BCUT2D eigenvalue weighted by atomic mass is 35.5. The monoisotopic (exact) mass is 367 g/mol. The van der Waals surface area contributed by atoms with Crippen LogP contribution in [0.15, 0.2) is 58.0 Å². The number of benzene rings is 2. The molecule has 130 valence electrons. The summed E-state index contributed by atoms with van der Waals surface area (Å²) in [7, 11) is 0. The highest BCUT2D eigenvalue weighted by molar-refractivity contribution is 6.30. The normalized spacial score (nSPS) is 15.5. The van der Waals surface area contributed by atoms with Crippen LogP contribution in [-0.2, 0) is 0 Å². The Balaban J connectivity index is 1.99. The van der Waals surface area contributed by atoms with Crippen molar-refractivity contribution < 1.29 is 14.4 Å². The standard InChI is InChI=1S/C19H14ClN3O3/c1-10-15-13-4-2-3-5-14(13)16(11-6-8-12(20)9-7-11)21-18(22-19(24)25)17(15)23-26-10/h2-9,18,22H,1H3,(H,24,25). The van der Waals surface area contributed by atoms with Crippen molar-refractivity contribution in [2.75, 3.05) is 0 Å². The smallest absolute Gasteiger partial charge is 0.406 e. The summed E-state index contributed by atoms with van der Waals surface area (Å²) in [5.74, 6) is 0.609. The van der Waals surface area contributed by atoms with Gasteiger partial charge in [-0.3, -0.25) is 10.3 Å². The summed E-state index contributed by atoms with van der Waals surface area (Å²) in [5, 5.41) is 16.3. The van der Waals surface area contributed by atoms with E-state index < -0.39 is 12.3 Å². The van der Waals surface area contributed by atoms with Crippen molar-refractivity contribution in [3.63, 3.8) is 0 Å². The number of aryl methyl sites for hydroxylation is 1. The number of aliphatic imine (C=N–C) groups is 1. The first kappa shape index (κ1) is 16.4. The quantitative estimate of drug-likeness (QED) is 0.701. The van der Waals surface area contributed by atoms with E-state index in [1.54, 1.807) is 19.1 Å². The summed E-state index contributed by atoms with van der Waals surface area (Å²) in [5.41, 5.74) is 4.46. The van der Waals surface area contributed by atoms with E-state index in [1.807, 2.05) is 36.4 Å². The molecule has 1 atom stereocenters. The predicted molar refractivity (Wildman–Crippen MR) is 97.7 cm³/mol. The number of aromatic nitrogens is 1. The molecule has 2 N–H and O–H groups in total. The zero-order valence-corrected chi connectivity index (χ0v) is 14.5. The molecule has 1 aliphatic heterocycles. The Morgan fingerprint density at radius 2 is 1.85 bits per heavy atom. The van der Waals surface area contributed by atoms with Crippen LogP contribution in [0.5, 0.6) is 0 Å². The molecule has 2 aromatic carbocycles. The van der Waals surface area contributed by atoms with E-state index in [-0.39, 0.29) is 0 Å². The number of amides is 1. The van der Waals surface area contributed by atoms with Crippen molar-refractivity contribution >= 4 is 23.4 Å². The number of halogens is 1. The Labute approximate surface area is 154 Å². The number of rotatable bonds is 2. The minimum atomic E-state index is -1.19. The molecule has 0 fully saturated rings. The molecular formula is C19H14ClN3O3. The van der Waals surface area contributed by atoms with Gasteiger partial charge in [-0.05, 0) is 24.6 Å². The fourth-order valence-electron chi connectivity index (χ4n) is 3.13. The first-order valence-electron chi connectivity index (χ1n) is 7.93. The lowest BCUT2D eigenvalue weighted by Gasteiger charge is -2.12. The molecule has 4 rings (SSSR count). The van der Waals surface area contributed by atoms with Gasteiger partial charge in [0.15, 0.2) is 6.17 Å². The molecule has 0 saturated heterocycles. The van der Waals surface area contributed by atoms with Crippen LogP contribution in [0.3, 0.4) is 0 Å². The van der Waals surface area contributed by atoms with Crippen LogP contribution in [0.4, 0.5) is 4.79 Å². The Morgan fingerprint density at radius 1 is 1.15 bits per heavy atom. The number of nitrogens with zero attached hydrogens (tertiary/aromatic N) is 2. The third-order valence-electron chi connectivity index (χ3n) is 4.24. The predicted octanol–water partition coefficient (Wildman–Crippen LogP) is 4.42. The van der Waals surface area contributed by atoms with Crippen LogP contribution in [0, 0.1) is 6.92 Å². The van der Waals surface area contributed by atoms with Gasteiger partial charge in [-0.2, -0.15) is 0 Å². The van der Waals surface area contributed by atoms with Crippen LogP contribution < -0.4 is 5.32 Å². The lowest BCUT2D eigenvalue weighted by molar-refractivity contribution is 0.190. The maximum absolute atomic E-state index is 11.3. The van der Waals surface area contributed by atoms with Gasteiger partial charge in [-0.1, -0.05) is 53.2 Å². The Bertz CT molecular complexity index is 1020. The molecule has 0 spiro atoms. The van der Waals surface area contributed by atoms with Crippen LogP contribution in [0.25, 0.3) is 11.1 Å². The zero-order chi connectivity index (χ0) is 18.3. The molecule has 0 bridgehead atoms. The largest absolute Gasteiger partial charge is 0.465 e. The second-order valence-corrected chi connectivity index (χ2v) is 6.32. The highest BCUT2D eigenvalue weighted by Gasteiger charge is 2.30. The summed E-state index contributed by atoms with van der Waals surface area (Å²) in [6.45, 7) is 1.80. The first-order chi connectivity index (χ1) is 12.5. The summed E-state index contributed by atoms with van der Waals surface area (Å²) in [4.78, 5) is 16.0. The Kier molecular flexibility index (Phi) is 3.97. The van der Waals surface area contributed by atoms with Gasteiger partial charge in [0.2, 0.25) is 0 Å². The molecule has 0 radical (unpaired) electrons. The fraction of sp³-hybridized carbons (Fsp3) is 0.105. The second kappa shape index (κ2) is 6.31. The van der Waals surface area contributed by atoms with Crippen LogP contribution >= 0.6 is 11.6 Å². The highest BCUT2D eigenvalue weighted by Crippen LogP contribution is 2.38. The average molecular weight is 368 g/mol. The van der Waals surface area contributed by atoms with Gasteiger partial charge in [0.25, 0.3) is 0 Å². The molecule has 2 heterocycles. The number of hydrogen-bond donors (Lipinski definition) is 2. The van der Waals surface area contributed by atoms with Crippen LogP contribution in [-0.4, -0.2) is 22.1 Å². The average Bonchev–Trinajstić information content (AvgIpc) is 2.94. The molecule has 1 aromatic heterocycles. The number of fused-ring (bicyclic) bond motifs is 3. The first-order valence-corrected chi connectivity index (χ1v) is 8.31. The molecule has 0 aliphatic carbocycles. The third kappa shape index (κ3) is 2.74. The van der Waals surface area contributed by atoms with E-state index in [9.17, 15) is 9.90 Å². The van der Waals surface area contributed by atoms with Crippen LogP contribution in [0.2, 0.25) is 5.02 Å². The summed E-state index contributed by atoms with van der Waals surface area (Å²) in [6, 6.07) is 15.0. The van der Waals surface area contributed by atoms with Gasteiger partial charge >= 0.3 is 6.09 Å². The molecule has 7 heteroatoms. The fourth-order valence-corrected chi connectivity index (χ4v) is 3.25. The number of hydrogen-bond acceptors (Lipinski definition) is 4. The third-order valence-corrected chi connectivity index (χ3v) is 4.49. The minimum Gasteiger partial charge on any atom is -0.465 e. The Morgan fingerprint density at radius 3 is 2.54 bits per heavy atom. The lowest BCUT2D eigenvalue weighted by Crippen LogP contribution is -2.26. The van der Waals surface area contributed by atoms with Crippen molar-refractivity contribution in [1.82, 2.24) is 10.5 Å². The van der Waals surface area contributed by atoms with E-state index in [4.69, 9.17) is 16.1 Å². The molecule has 1 unspecified atom stereocenters. The van der Waals surface area contributed by atoms with E-state index in [1.165, 1.54) is 0 Å². The maximum atomic E-state index is 11.3. The summed E-state index contributed by atoms with van der Waals surface area (Å²) < 4.78 is 5.33. The number of nitrogens with one attached hydrogen (secondary N) is 1. The van der Waals surface area contributed by atoms with Gasteiger partial charge in [0.1, 0.15) is 11.5 Å². The van der Waals surface area contributed by atoms with E-state index in [2.05, 4.69) is 15.5 Å². The van der Waals surface area contributed by atoms with Gasteiger partial charge in [0.05, 0.1) is 11.3 Å². The molecule has 3 aromatic rings. The molecule has 6 nitrogen and oxygen atoms in total. The minimum absolute atomic E-state index is 0.446. The number of carbonyl (C=O) groups is 1. The summed E-state index contributed by atoms with van der Waals surface area (Å²) in [6.07, 6.45) is -2.07. The van der Waals surface area contributed by atoms with E-state index >= 15 is 0 Å². The zero-order valence-electron chi connectivity index (χ0n) is 13.7. The second-order valence-electron chi connectivity index (χ2n) is 5.88. The lowest BCUT2D eigenvalue weighted by atomic mass is 9.93. The van der Waals surface area contributed by atoms with Crippen molar-refractivity contribution in [2.24, 2.45) is 4.99 Å². The van der Waals surface area contributed by atoms with Crippen molar-refractivity contribution in [2.45, 2.75) is 13.1 Å². The van der Waals surface area contributed by atoms with E-state index in [0.717, 1.165) is 22.3 Å². The number of carboxylic acid groups (broad SMARTS) is 1. The van der Waals surface area contributed by atoms with Crippen LogP contribution in [0.1, 0.15) is 28.7 Å². The topological polar surface area (TPSA) is 87.7 Å². The molecule has 1 aliphatic rings. The Hall–Kier alpha value is -3.12. The molecule has 0 saturated carbocycles. The van der Waals surface area contributed by atoms with Crippen molar-refractivity contribution in [3.8, 4) is 11.1 Å². The van der Waals surface area contributed by atoms with E-state index in [0.29, 0.717) is 22.2 Å². The molecule has 26 heavy (non-hydrogen) atoms. The maximum Gasteiger partial charge on any atom is 0.406 e. The van der Waals surface area contributed by atoms with Gasteiger partial charge < -0.3 is 9.63 Å². The van der Waals surface area contributed by atoms with Gasteiger partial charge in [-0.15, -0.1) is 0 Å². The molecular weight excluding hydrogens is 354 g/mol. The summed E-state index contributed by atoms with van der Waals surface area (Å²) >= 11 is 6.00. The van der Waals surface area contributed by atoms with Crippen molar-refractivity contribution in [3.05, 3.63) is 76.1 Å². The SMILES string of the molecule is Cc1onc2c1-c1ccccc1C(c1ccc(Cl)cc1)=NC2NC(=O)O. The van der Waals surface area contributed by atoms with Crippen molar-refractivity contribution in [1.29, 1.82) is 0 Å². The molecule has 1 amide bonds. The van der Waals surface area contributed by atoms with Gasteiger partial charge in [0, 0.05) is 16.1 Å².